The summed E-state index contributed by atoms with van der Waals surface area (Å²) in [7, 11) is 0. The Morgan fingerprint density at radius 2 is 1.56 bits per heavy atom. The van der Waals surface area contributed by atoms with Gasteiger partial charge in [0, 0.05) is 38.3 Å². The van der Waals surface area contributed by atoms with Crippen LogP contribution in [-0.2, 0) is 4.74 Å². The number of fused-ring (bicyclic) bond motifs is 1. The summed E-state index contributed by atoms with van der Waals surface area (Å²) in [5.41, 5.74) is 0.958. The fourth-order valence-electron chi connectivity index (χ4n) is 4.60. The van der Waals surface area contributed by atoms with Gasteiger partial charge >= 0.3 is 0 Å². The molecular weight excluding hydrogens is 346 g/mol. The van der Waals surface area contributed by atoms with Crippen molar-refractivity contribution >= 4 is 22.9 Å². The highest BCUT2D eigenvalue weighted by Crippen LogP contribution is 2.30. The van der Waals surface area contributed by atoms with Gasteiger partial charge in [-0.1, -0.05) is 12.8 Å². The summed E-state index contributed by atoms with van der Waals surface area (Å²) in [5, 5.41) is 11.4. The molecule has 0 radical (unpaired) electrons. The van der Waals surface area contributed by atoms with Gasteiger partial charge in [-0.25, -0.2) is 14.6 Å². The number of anilines is 2. The second kappa shape index (κ2) is 7.55. The molecule has 1 saturated carbocycles. The fraction of sp³-hybridized carbons (Fsp3) is 0.778. The summed E-state index contributed by atoms with van der Waals surface area (Å²) in [6.45, 7) is 5.78. The summed E-state index contributed by atoms with van der Waals surface area (Å²) in [6.07, 6.45) is 7.21. The number of hydrogen-bond donors (Lipinski definition) is 1. The van der Waals surface area contributed by atoms with E-state index in [-0.39, 0.29) is 0 Å². The molecule has 1 N–H and O–H groups in total. The first-order chi connectivity index (χ1) is 13.4. The highest BCUT2D eigenvalue weighted by molar-refractivity contribution is 5.74. The maximum absolute atomic E-state index is 5.49. The van der Waals surface area contributed by atoms with Gasteiger partial charge < -0.3 is 15.0 Å². The lowest BCUT2D eigenvalue weighted by Crippen LogP contribution is -2.49. The first-order valence-electron chi connectivity index (χ1n) is 10.2. The predicted molar refractivity (Wildman–Crippen MR) is 101 cm³/mol. The SMILES string of the molecule is C1CCC(Nc2nc3nonc3nc2N2CCC(N3CCOCC3)CC2)C1. The van der Waals surface area contributed by atoms with Gasteiger partial charge in [-0.05, 0) is 36.0 Å². The van der Waals surface area contributed by atoms with Gasteiger partial charge in [0.25, 0.3) is 0 Å². The third-order valence-electron chi connectivity index (χ3n) is 6.12. The van der Waals surface area contributed by atoms with Gasteiger partial charge in [-0.3, -0.25) is 4.90 Å². The van der Waals surface area contributed by atoms with E-state index < -0.39 is 0 Å². The maximum atomic E-state index is 5.49. The molecule has 2 aromatic rings. The molecule has 0 bridgehead atoms. The number of hydrogen-bond acceptors (Lipinski definition) is 9. The Balaban J connectivity index is 1.34. The number of nitrogens with zero attached hydrogens (tertiary/aromatic N) is 6. The Labute approximate surface area is 158 Å². The highest BCUT2D eigenvalue weighted by Gasteiger charge is 2.29. The van der Waals surface area contributed by atoms with E-state index in [0.717, 1.165) is 63.9 Å². The van der Waals surface area contributed by atoms with Crippen LogP contribution in [0.3, 0.4) is 0 Å². The second-order valence-corrected chi connectivity index (χ2v) is 7.80. The number of rotatable bonds is 4. The molecule has 2 aliphatic heterocycles. The number of piperidine rings is 1. The fourth-order valence-corrected chi connectivity index (χ4v) is 4.60. The van der Waals surface area contributed by atoms with E-state index in [1.54, 1.807) is 0 Å². The zero-order valence-electron chi connectivity index (χ0n) is 15.6. The highest BCUT2D eigenvalue weighted by atomic mass is 16.6. The minimum absolute atomic E-state index is 0.473. The quantitative estimate of drug-likeness (QED) is 0.859. The molecular formula is C18H27N7O2. The predicted octanol–water partition coefficient (Wildman–Crippen LogP) is 1.67. The lowest BCUT2D eigenvalue weighted by molar-refractivity contribution is 0.0115. The Morgan fingerprint density at radius 1 is 0.852 bits per heavy atom. The van der Waals surface area contributed by atoms with E-state index in [1.165, 1.54) is 25.7 Å². The van der Waals surface area contributed by atoms with Gasteiger partial charge in [-0.2, -0.15) is 0 Å². The van der Waals surface area contributed by atoms with Crippen LogP contribution in [0.2, 0.25) is 0 Å². The Hall–Kier alpha value is -2.00. The van der Waals surface area contributed by atoms with Crippen LogP contribution in [0.4, 0.5) is 11.6 Å². The lowest BCUT2D eigenvalue weighted by Gasteiger charge is -2.40. The summed E-state index contributed by atoms with van der Waals surface area (Å²) in [6, 6.07) is 1.11. The molecule has 0 aromatic carbocycles. The molecule has 0 spiro atoms. The molecule has 27 heavy (non-hydrogen) atoms. The first kappa shape index (κ1) is 17.1. The molecule has 3 fully saturated rings. The molecule has 3 aliphatic rings. The summed E-state index contributed by atoms with van der Waals surface area (Å²) < 4.78 is 10.3. The zero-order chi connectivity index (χ0) is 18.1. The Morgan fingerprint density at radius 3 is 2.30 bits per heavy atom. The molecule has 9 nitrogen and oxygen atoms in total. The van der Waals surface area contributed by atoms with Crippen molar-refractivity contribution in [3.63, 3.8) is 0 Å². The van der Waals surface area contributed by atoms with Crippen LogP contribution >= 0.6 is 0 Å². The van der Waals surface area contributed by atoms with Crippen molar-refractivity contribution in [2.75, 3.05) is 49.6 Å². The molecule has 0 amide bonds. The van der Waals surface area contributed by atoms with Crippen molar-refractivity contribution in [2.45, 2.75) is 50.6 Å². The monoisotopic (exact) mass is 373 g/mol. The molecule has 4 heterocycles. The Kier molecular flexibility index (Phi) is 4.79. The van der Waals surface area contributed by atoms with Crippen LogP contribution in [-0.4, -0.2) is 76.7 Å². The average molecular weight is 373 g/mol. The normalized spacial score (nSPS) is 23.3. The molecule has 0 atom stereocenters. The summed E-state index contributed by atoms with van der Waals surface area (Å²) >= 11 is 0. The summed E-state index contributed by atoms with van der Waals surface area (Å²) in [5.74, 6) is 1.72. The maximum Gasteiger partial charge on any atom is 0.245 e. The standard InChI is InChI=1S/C18H27N7O2/c1-2-4-13(3-1)19-17-18(21-16-15(20-17)22-27-23-16)25-7-5-14(6-8-25)24-9-11-26-12-10-24/h13-14H,1-12H2,(H,19,20,22). The van der Waals surface area contributed by atoms with E-state index in [0.29, 0.717) is 23.4 Å². The van der Waals surface area contributed by atoms with Gasteiger partial charge in [0.2, 0.25) is 11.3 Å². The van der Waals surface area contributed by atoms with Crippen molar-refractivity contribution in [3.05, 3.63) is 0 Å². The number of nitrogens with one attached hydrogen (secondary N) is 1. The Bertz CT molecular complexity index is 762. The molecule has 2 saturated heterocycles. The molecule has 9 heteroatoms. The van der Waals surface area contributed by atoms with Crippen LogP contribution in [0.5, 0.6) is 0 Å². The van der Waals surface area contributed by atoms with Gasteiger partial charge in [0.05, 0.1) is 13.2 Å². The summed E-state index contributed by atoms with van der Waals surface area (Å²) in [4.78, 5) is 14.3. The number of morpholine rings is 1. The second-order valence-electron chi connectivity index (χ2n) is 7.80. The van der Waals surface area contributed by atoms with Gasteiger partial charge in [0.15, 0.2) is 11.6 Å². The topological polar surface area (TPSA) is 92.4 Å². The smallest absolute Gasteiger partial charge is 0.245 e. The molecule has 5 rings (SSSR count). The first-order valence-corrected chi connectivity index (χ1v) is 10.2. The third kappa shape index (κ3) is 3.58. The zero-order valence-corrected chi connectivity index (χ0v) is 15.6. The van der Waals surface area contributed by atoms with Crippen molar-refractivity contribution in [2.24, 2.45) is 0 Å². The van der Waals surface area contributed by atoms with E-state index in [2.05, 4.69) is 30.4 Å². The number of aromatic nitrogens is 4. The molecule has 146 valence electrons. The lowest BCUT2D eigenvalue weighted by atomic mass is 10.0. The van der Waals surface area contributed by atoms with Crippen LogP contribution in [0, 0.1) is 0 Å². The van der Waals surface area contributed by atoms with Crippen LogP contribution in [0.1, 0.15) is 38.5 Å². The average Bonchev–Trinajstić information content (AvgIpc) is 3.40. The largest absolute Gasteiger partial charge is 0.379 e. The van der Waals surface area contributed by atoms with Gasteiger partial charge in [0.1, 0.15) is 0 Å². The van der Waals surface area contributed by atoms with E-state index in [1.807, 2.05) is 0 Å². The number of ether oxygens (including phenoxy) is 1. The van der Waals surface area contributed by atoms with E-state index in [4.69, 9.17) is 14.3 Å². The van der Waals surface area contributed by atoms with E-state index in [9.17, 15) is 0 Å². The minimum atomic E-state index is 0.473. The van der Waals surface area contributed by atoms with Gasteiger partial charge in [-0.15, -0.1) is 0 Å². The third-order valence-corrected chi connectivity index (χ3v) is 6.12. The van der Waals surface area contributed by atoms with Crippen molar-refractivity contribution in [1.82, 2.24) is 25.2 Å². The van der Waals surface area contributed by atoms with Crippen LogP contribution < -0.4 is 10.2 Å². The minimum Gasteiger partial charge on any atom is -0.379 e. The van der Waals surface area contributed by atoms with Crippen LogP contribution in [0.15, 0.2) is 4.63 Å². The van der Waals surface area contributed by atoms with Crippen molar-refractivity contribution in [1.29, 1.82) is 0 Å². The molecule has 2 aromatic heterocycles. The van der Waals surface area contributed by atoms with Crippen molar-refractivity contribution in [3.8, 4) is 0 Å². The van der Waals surface area contributed by atoms with E-state index >= 15 is 0 Å². The van der Waals surface area contributed by atoms with Crippen LogP contribution in [0.25, 0.3) is 11.3 Å². The van der Waals surface area contributed by atoms with Crippen molar-refractivity contribution < 1.29 is 9.37 Å². The molecule has 0 unspecified atom stereocenters. The molecule has 1 aliphatic carbocycles.